The van der Waals surface area contributed by atoms with E-state index in [0.717, 1.165) is 0 Å². The molecule has 1 rings (SSSR count). The SMILES string of the molecule is Cc1n[nH]c(C)c1S(=O)(=O)NCCC(C)(C)CCC(=O)O. The van der Waals surface area contributed by atoms with Gasteiger partial charge in [0.15, 0.2) is 0 Å². The minimum absolute atomic E-state index is 0.0830. The van der Waals surface area contributed by atoms with Gasteiger partial charge in [0.1, 0.15) is 4.90 Å². The number of hydrogen-bond acceptors (Lipinski definition) is 4. The maximum Gasteiger partial charge on any atom is 0.303 e. The van der Waals surface area contributed by atoms with E-state index in [9.17, 15) is 13.2 Å². The number of carbonyl (C=O) groups is 1. The van der Waals surface area contributed by atoms with Gasteiger partial charge < -0.3 is 5.11 Å². The van der Waals surface area contributed by atoms with Crippen molar-refractivity contribution < 1.29 is 18.3 Å². The van der Waals surface area contributed by atoms with Crippen molar-refractivity contribution in [3.05, 3.63) is 11.4 Å². The summed E-state index contributed by atoms with van der Waals surface area (Å²) in [6.07, 6.45) is 1.16. The highest BCUT2D eigenvalue weighted by Gasteiger charge is 2.24. The van der Waals surface area contributed by atoms with E-state index in [1.165, 1.54) is 0 Å². The van der Waals surface area contributed by atoms with E-state index in [-0.39, 0.29) is 23.3 Å². The van der Waals surface area contributed by atoms with Crippen molar-refractivity contribution in [1.29, 1.82) is 0 Å². The second kappa shape index (κ2) is 6.57. The quantitative estimate of drug-likeness (QED) is 0.674. The van der Waals surface area contributed by atoms with Crippen LogP contribution in [0.4, 0.5) is 0 Å². The maximum atomic E-state index is 12.2. The Morgan fingerprint density at radius 3 is 2.43 bits per heavy atom. The van der Waals surface area contributed by atoms with Crippen LogP contribution in [0.2, 0.25) is 0 Å². The highest BCUT2D eigenvalue weighted by Crippen LogP contribution is 2.26. The summed E-state index contributed by atoms with van der Waals surface area (Å²) in [4.78, 5) is 10.8. The van der Waals surface area contributed by atoms with Crippen molar-refractivity contribution in [3.63, 3.8) is 0 Å². The zero-order valence-electron chi connectivity index (χ0n) is 12.9. The molecule has 21 heavy (non-hydrogen) atoms. The van der Waals surface area contributed by atoms with E-state index in [0.29, 0.717) is 24.2 Å². The molecule has 0 bridgehead atoms. The second-order valence-electron chi connectivity index (χ2n) is 5.97. The summed E-state index contributed by atoms with van der Waals surface area (Å²) in [5.74, 6) is -0.840. The smallest absolute Gasteiger partial charge is 0.303 e. The summed E-state index contributed by atoms with van der Waals surface area (Å²) >= 11 is 0. The molecule has 1 heterocycles. The number of carboxylic acids is 1. The van der Waals surface area contributed by atoms with Crippen LogP contribution in [0.1, 0.15) is 44.5 Å². The minimum atomic E-state index is -3.59. The van der Waals surface area contributed by atoms with Crippen molar-refractivity contribution in [3.8, 4) is 0 Å². The van der Waals surface area contributed by atoms with Gasteiger partial charge in [-0.1, -0.05) is 13.8 Å². The van der Waals surface area contributed by atoms with E-state index in [4.69, 9.17) is 5.11 Å². The van der Waals surface area contributed by atoms with Gasteiger partial charge in [0.25, 0.3) is 0 Å². The van der Waals surface area contributed by atoms with E-state index < -0.39 is 16.0 Å². The van der Waals surface area contributed by atoms with Crippen molar-refractivity contribution in [2.75, 3.05) is 6.54 Å². The molecule has 1 aromatic rings. The molecule has 0 radical (unpaired) electrons. The van der Waals surface area contributed by atoms with Crippen LogP contribution in [0.25, 0.3) is 0 Å². The van der Waals surface area contributed by atoms with Gasteiger partial charge in [0.05, 0.1) is 11.4 Å². The standard InChI is InChI=1S/C13H23N3O4S/c1-9-12(10(2)16-15-9)21(19,20)14-8-7-13(3,4)6-5-11(17)18/h14H,5-8H2,1-4H3,(H,15,16)(H,17,18). The summed E-state index contributed by atoms with van der Waals surface area (Å²) < 4.78 is 27.0. The number of nitrogens with one attached hydrogen (secondary N) is 2. The number of sulfonamides is 1. The summed E-state index contributed by atoms with van der Waals surface area (Å²) in [6.45, 7) is 7.41. The first kappa shape index (κ1) is 17.6. The zero-order valence-corrected chi connectivity index (χ0v) is 13.7. The number of nitrogens with zero attached hydrogens (tertiary/aromatic N) is 1. The third-order valence-corrected chi connectivity index (χ3v) is 5.16. The lowest BCUT2D eigenvalue weighted by Gasteiger charge is -2.23. The Hall–Kier alpha value is -1.41. The van der Waals surface area contributed by atoms with Gasteiger partial charge >= 0.3 is 5.97 Å². The molecule has 8 heteroatoms. The number of aromatic nitrogens is 2. The first-order valence-corrected chi connectivity index (χ1v) is 8.26. The van der Waals surface area contributed by atoms with Crippen LogP contribution >= 0.6 is 0 Å². The number of carboxylic acid groups (broad SMARTS) is 1. The molecular formula is C13H23N3O4S. The predicted molar refractivity (Wildman–Crippen MR) is 78.5 cm³/mol. The first-order chi connectivity index (χ1) is 9.55. The largest absolute Gasteiger partial charge is 0.481 e. The Morgan fingerprint density at radius 1 is 1.33 bits per heavy atom. The fourth-order valence-corrected chi connectivity index (χ4v) is 3.50. The summed E-state index contributed by atoms with van der Waals surface area (Å²) in [7, 11) is -3.59. The molecule has 0 aliphatic rings. The highest BCUT2D eigenvalue weighted by molar-refractivity contribution is 7.89. The van der Waals surface area contributed by atoms with Gasteiger partial charge in [-0.3, -0.25) is 9.89 Å². The third-order valence-electron chi connectivity index (χ3n) is 3.44. The van der Waals surface area contributed by atoms with E-state index in [2.05, 4.69) is 14.9 Å². The van der Waals surface area contributed by atoms with Crippen LogP contribution in [0.3, 0.4) is 0 Å². The molecule has 0 fully saturated rings. The molecule has 0 saturated carbocycles. The Balaban J connectivity index is 2.61. The molecule has 0 spiro atoms. The molecule has 0 unspecified atom stereocenters. The van der Waals surface area contributed by atoms with Gasteiger partial charge in [0.2, 0.25) is 10.0 Å². The second-order valence-corrected chi connectivity index (χ2v) is 7.67. The van der Waals surface area contributed by atoms with Gasteiger partial charge in [-0.2, -0.15) is 5.10 Å². The van der Waals surface area contributed by atoms with Crippen LogP contribution in [-0.4, -0.2) is 36.2 Å². The number of aryl methyl sites for hydroxylation is 2. The Morgan fingerprint density at radius 2 is 1.95 bits per heavy atom. The van der Waals surface area contributed by atoms with Crippen molar-refractivity contribution in [2.45, 2.75) is 51.9 Å². The van der Waals surface area contributed by atoms with Crippen LogP contribution < -0.4 is 4.72 Å². The lowest BCUT2D eigenvalue weighted by molar-refractivity contribution is -0.137. The molecule has 0 aliphatic carbocycles. The van der Waals surface area contributed by atoms with Crippen LogP contribution in [-0.2, 0) is 14.8 Å². The number of H-pyrrole nitrogens is 1. The maximum absolute atomic E-state index is 12.2. The fourth-order valence-electron chi connectivity index (χ4n) is 2.10. The molecule has 3 N–H and O–H groups in total. The Bertz CT molecular complexity index is 585. The summed E-state index contributed by atoms with van der Waals surface area (Å²) in [5, 5.41) is 15.2. The lowest BCUT2D eigenvalue weighted by atomic mass is 9.84. The first-order valence-electron chi connectivity index (χ1n) is 6.78. The summed E-state index contributed by atoms with van der Waals surface area (Å²) in [6, 6.07) is 0. The van der Waals surface area contributed by atoms with Gasteiger partial charge in [-0.25, -0.2) is 13.1 Å². The predicted octanol–water partition coefficient (Wildman–Crippen LogP) is 1.59. The van der Waals surface area contributed by atoms with E-state index >= 15 is 0 Å². The van der Waals surface area contributed by atoms with Crippen LogP contribution in [0.5, 0.6) is 0 Å². The molecule has 7 nitrogen and oxygen atoms in total. The molecule has 0 saturated heterocycles. The monoisotopic (exact) mass is 317 g/mol. The zero-order chi connectivity index (χ0) is 16.3. The molecule has 0 atom stereocenters. The van der Waals surface area contributed by atoms with Crippen LogP contribution in [0, 0.1) is 19.3 Å². The third kappa shape index (κ3) is 5.13. The van der Waals surface area contributed by atoms with Crippen molar-refractivity contribution in [1.82, 2.24) is 14.9 Å². The molecule has 0 aromatic carbocycles. The van der Waals surface area contributed by atoms with E-state index in [1.54, 1.807) is 13.8 Å². The molecule has 0 aliphatic heterocycles. The minimum Gasteiger partial charge on any atom is -0.481 e. The van der Waals surface area contributed by atoms with Gasteiger partial charge in [-0.05, 0) is 32.1 Å². The Labute approximate surface area is 125 Å². The number of rotatable bonds is 8. The lowest BCUT2D eigenvalue weighted by Crippen LogP contribution is -2.29. The highest BCUT2D eigenvalue weighted by atomic mass is 32.2. The fraction of sp³-hybridized carbons (Fsp3) is 0.692. The average molecular weight is 317 g/mol. The number of hydrogen-bond donors (Lipinski definition) is 3. The van der Waals surface area contributed by atoms with Crippen molar-refractivity contribution >= 4 is 16.0 Å². The molecule has 1 aromatic heterocycles. The van der Waals surface area contributed by atoms with Gasteiger partial charge in [-0.15, -0.1) is 0 Å². The normalized spacial score (nSPS) is 12.6. The Kier molecular flexibility index (Phi) is 5.52. The molecular weight excluding hydrogens is 294 g/mol. The molecule has 120 valence electrons. The molecule has 0 amide bonds. The summed E-state index contributed by atoms with van der Waals surface area (Å²) in [5.41, 5.74) is 0.705. The van der Waals surface area contributed by atoms with Crippen LogP contribution in [0.15, 0.2) is 4.90 Å². The number of aromatic amines is 1. The van der Waals surface area contributed by atoms with Gasteiger partial charge in [0, 0.05) is 13.0 Å². The number of aliphatic carboxylic acids is 1. The topological polar surface area (TPSA) is 112 Å². The van der Waals surface area contributed by atoms with E-state index in [1.807, 2.05) is 13.8 Å². The average Bonchev–Trinajstić information content (AvgIpc) is 2.66. The van der Waals surface area contributed by atoms with Crippen molar-refractivity contribution in [2.24, 2.45) is 5.41 Å².